The lowest BCUT2D eigenvalue weighted by atomic mass is 9.92. The molecule has 0 radical (unpaired) electrons. The standard InChI is InChI=1S/C30H37N5O2S/c1-20-8-6-9-21(2)27(20)25-17-26-32-29(31-25)33-38-24-11-7-10-22(16-24)28(36)35-15-14-34(13-12-30(3,4)5)18-23(19-35)37-26/h6-11,16-17,23H,12-15,18-19H2,1-5H3,(H,31,32,33). The lowest BCUT2D eigenvalue weighted by Gasteiger charge is -2.27. The van der Waals surface area contributed by atoms with Gasteiger partial charge in [0.15, 0.2) is 0 Å². The fraction of sp³-hybridized carbons (Fsp3) is 0.433. The van der Waals surface area contributed by atoms with E-state index in [4.69, 9.17) is 14.7 Å². The molecule has 8 heteroatoms. The Morgan fingerprint density at radius 1 is 1.03 bits per heavy atom. The molecule has 7 nitrogen and oxygen atoms in total. The van der Waals surface area contributed by atoms with Gasteiger partial charge >= 0.3 is 0 Å². The van der Waals surface area contributed by atoms with Crippen molar-refractivity contribution in [2.24, 2.45) is 5.41 Å². The normalized spacial score (nSPS) is 18.4. The van der Waals surface area contributed by atoms with Crippen molar-refractivity contribution in [1.82, 2.24) is 19.8 Å². The molecule has 1 atom stereocenters. The molecule has 6 bridgehead atoms. The molecule has 1 N–H and O–H groups in total. The van der Waals surface area contributed by atoms with E-state index in [9.17, 15) is 4.79 Å². The number of amides is 1. The summed E-state index contributed by atoms with van der Waals surface area (Å²) in [6.07, 6.45) is 0.858. The quantitative estimate of drug-likeness (QED) is 0.426. The number of hydrogen-bond donors (Lipinski definition) is 1. The van der Waals surface area contributed by atoms with Gasteiger partial charge in [-0.25, -0.2) is 4.98 Å². The second-order valence-corrected chi connectivity index (χ2v) is 12.4. The molecule has 1 fully saturated rings. The number of nitrogens with zero attached hydrogens (tertiary/aromatic N) is 4. The second kappa shape index (κ2) is 10.9. The Morgan fingerprint density at radius 3 is 2.55 bits per heavy atom. The molecule has 1 aromatic heterocycles. The minimum absolute atomic E-state index is 0.0342. The van der Waals surface area contributed by atoms with Gasteiger partial charge in [0.2, 0.25) is 11.8 Å². The number of aromatic nitrogens is 2. The molecule has 2 aliphatic heterocycles. The maximum atomic E-state index is 13.6. The lowest BCUT2D eigenvalue weighted by molar-refractivity contribution is 0.0690. The molecule has 5 rings (SSSR count). The molecule has 200 valence electrons. The highest BCUT2D eigenvalue weighted by Gasteiger charge is 2.29. The van der Waals surface area contributed by atoms with E-state index in [-0.39, 0.29) is 17.4 Å². The highest BCUT2D eigenvalue weighted by atomic mass is 32.2. The Kier molecular flexibility index (Phi) is 7.63. The number of nitrogens with one attached hydrogen (secondary N) is 1. The topological polar surface area (TPSA) is 70.6 Å². The summed E-state index contributed by atoms with van der Waals surface area (Å²) in [6.45, 7) is 14.7. The molecule has 2 aliphatic rings. The van der Waals surface area contributed by atoms with E-state index < -0.39 is 0 Å². The number of ether oxygens (including phenoxy) is 1. The van der Waals surface area contributed by atoms with Gasteiger partial charge < -0.3 is 9.64 Å². The van der Waals surface area contributed by atoms with Crippen molar-refractivity contribution >= 4 is 23.8 Å². The summed E-state index contributed by atoms with van der Waals surface area (Å²) in [7, 11) is 0. The average Bonchev–Trinajstić information content (AvgIpc) is 3.07. The van der Waals surface area contributed by atoms with Crippen LogP contribution < -0.4 is 9.46 Å². The zero-order valence-electron chi connectivity index (χ0n) is 23.0. The van der Waals surface area contributed by atoms with Gasteiger partial charge in [-0.1, -0.05) is 45.0 Å². The maximum Gasteiger partial charge on any atom is 0.254 e. The smallest absolute Gasteiger partial charge is 0.254 e. The Bertz CT molecular complexity index is 1300. The highest BCUT2D eigenvalue weighted by Crippen LogP contribution is 2.31. The number of benzene rings is 2. The molecule has 1 saturated heterocycles. The van der Waals surface area contributed by atoms with Crippen LogP contribution in [0.1, 0.15) is 48.7 Å². The van der Waals surface area contributed by atoms with E-state index >= 15 is 0 Å². The third-order valence-corrected chi connectivity index (χ3v) is 7.88. The summed E-state index contributed by atoms with van der Waals surface area (Å²) in [4.78, 5) is 28.5. The first-order valence-corrected chi connectivity index (χ1v) is 14.1. The molecule has 0 saturated carbocycles. The second-order valence-electron chi connectivity index (χ2n) is 11.5. The highest BCUT2D eigenvalue weighted by molar-refractivity contribution is 8.00. The third-order valence-electron chi connectivity index (χ3n) is 7.11. The van der Waals surface area contributed by atoms with Crippen molar-refractivity contribution < 1.29 is 9.53 Å². The molecule has 0 aliphatic carbocycles. The van der Waals surface area contributed by atoms with Crippen LogP contribution in [-0.4, -0.2) is 64.5 Å². The van der Waals surface area contributed by atoms with E-state index in [2.05, 4.69) is 62.4 Å². The first kappa shape index (κ1) is 26.5. The summed E-state index contributed by atoms with van der Waals surface area (Å²) in [5.41, 5.74) is 5.13. The van der Waals surface area contributed by atoms with Crippen molar-refractivity contribution in [3.63, 3.8) is 0 Å². The van der Waals surface area contributed by atoms with Gasteiger partial charge in [-0.2, -0.15) is 4.98 Å². The molecule has 0 spiro atoms. The third kappa shape index (κ3) is 6.30. The van der Waals surface area contributed by atoms with Crippen LogP contribution in [0.5, 0.6) is 5.88 Å². The van der Waals surface area contributed by atoms with E-state index in [1.165, 1.54) is 11.9 Å². The molecule has 3 aromatic rings. The van der Waals surface area contributed by atoms with Crippen LogP contribution in [0.25, 0.3) is 11.3 Å². The SMILES string of the molecule is Cc1cccc(C)c1-c1cc2nc(n1)NSc1cccc(c1)C(=O)N1CCN(CCC(C)(C)C)CC(C1)O2. The minimum atomic E-state index is -0.216. The maximum absolute atomic E-state index is 13.6. The van der Waals surface area contributed by atoms with Crippen molar-refractivity contribution in [2.75, 3.05) is 37.4 Å². The van der Waals surface area contributed by atoms with Crippen LogP contribution in [0.3, 0.4) is 0 Å². The molecular formula is C30H37N5O2S. The van der Waals surface area contributed by atoms with Gasteiger partial charge in [0.1, 0.15) is 6.10 Å². The molecule has 3 heterocycles. The average molecular weight is 532 g/mol. The van der Waals surface area contributed by atoms with E-state index in [1.54, 1.807) is 0 Å². The summed E-state index contributed by atoms with van der Waals surface area (Å²) >= 11 is 1.40. The number of hydrogen-bond acceptors (Lipinski definition) is 7. The summed E-state index contributed by atoms with van der Waals surface area (Å²) < 4.78 is 9.89. The molecule has 1 amide bonds. The van der Waals surface area contributed by atoms with Crippen LogP contribution in [0.15, 0.2) is 53.4 Å². The lowest BCUT2D eigenvalue weighted by Crippen LogP contribution is -2.40. The number of rotatable bonds is 3. The minimum Gasteiger partial charge on any atom is -0.471 e. The predicted octanol–water partition coefficient (Wildman–Crippen LogP) is 5.83. The number of carbonyl (C=O) groups is 1. The fourth-order valence-corrected chi connectivity index (χ4v) is 5.65. The van der Waals surface area contributed by atoms with Crippen LogP contribution in [-0.2, 0) is 0 Å². The van der Waals surface area contributed by atoms with Gasteiger partial charge in [0, 0.05) is 41.7 Å². The number of fused-ring (bicyclic) bond motifs is 6. The molecular weight excluding hydrogens is 494 g/mol. The van der Waals surface area contributed by atoms with E-state index in [0.29, 0.717) is 30.5 Å². The van der Waals surface area contributed by atoms with Gasteiger partial charge in [-0.3, -0.25) is 14.4 Å². The van der Waals surface area contributed by atoms with Crippen LogP contribution >= 0.6 is 11.9 Å². The predicted molar refractivity (Wildman–Crippen MR) is 154 cm³/mol. The number of aryl methyl sites for hydroxylation is 2. The van der Waals surface area contributed by atoms with Gasteiger partial charge in [-0.15, -0.1) is 0 Å². The Hall–Kier alpha value is -3.10. The monoisotopic (exact) mass is 531 g/mol. The van der Waals surface area contributed by atoms with Crippen molar-refractivity contribution in [3.05, 3.63) is 65.2 Å². The number of carbonyl (C=O) groups excluding carboxylic acids is 1. The van der Waals surface area contributed by atoms with Crippen LogP contribution in [0.2, 0.25) is 0 Å². The van der Waals surface area contributed by atoms with Gasteiger partial charge in [-0.05, 0) is 73.5 Å². The first-order chi connectivity index (χ1) is 18.1. The fourth-order valence-electron chi connectivity index (χ4n) is 5.02. The Morgan fingerprint density at radius 2 is 1.79 bits per heavy atom. The van der Waals surface area contributed by atoms with Crippen molar-refractivity contribution in [1.29, 1.82) is 0 Å². The van der Waals surface area contributed by atoms with Crippen LogP contribution in [0, 0.1) is 19.3 Å². The zero-order chi connectivity index (χ0) is 26.9. The summed E-state index contributed by atoms with van der Waals surface area (Å²) in [5, 5.41) is 0. The van der Waals surface area contributed by atoms with E-state index in [0.717, 1.165) is 53.3 Å². The number of anilines is 1. The summed E-state index contributed by atoms with van der Waals surface area (Å²) in [6, 6.07) is 15.9. The first-order valence-electron chi connectivity index (χ1n) is 13.3. The van der Waals surface area contributed by atoms with Crippen LogP contribution in [0.4, 0.5) is 5.95 Å². The Balaban J connectivity index is 1.55. The van der Waals surface area contributed by atoms with E-state index in [1.807, 2.05) is 35.2 Å². The zero-order valence-corrected chi connectivity index (χ0v) is 23.8. The van der Waals surface area contributed by atoms with Gasteiger partial charge in [0.05, 0.1) is 12.2 Å². The van der Waals surface area contributed by atoms with Gasteiger partial charge in [0.25, 0.3) is 5.91 Å². The largest absolute Gasteiger partial charge is 0.471 e. The molecule has 1 unspecified atom stereocenters. The summed E-state index contributed by atoms with van der Waals surface area (Å²) in [5.74, 6) is 1.03. The molecule has 2 aromatic carbocycles. The van der Waals surface area contributed by atoms with Crippen molar-refractivity contribution in [2.45, 2.75) is 52.0 Å². The van der Waals surface area contributed by atoms with Crippen molar-refractivity contribution in [3.8, 4) is 17.1 Å². The molecule has 38 heavy (non-hydrogen) atoms. The Labute approximate surface area is 230 Å².